The van der Waals surface area contributed by atoms with Crippen molar-refractivity contribution in [1.29, 1.82) is 0 Å². The van der Waals surface area contributed by atoms with Gasteiger partial charge in [-0.25, -0.2) is 4.79 Å². The summed E-state index contributed by atoms with van der Waals surface area (Å²) in [5.41, 5.74) is 6.57. The summed E-state index contributed by atoms with van der Waals surface area (Å²) in [6, 6.07) is 0. The molecule has 0 unspecified atom stereocenters. The second-order valence-corrected chi connectivity index (χ2v) is 2.20. The van der Waals surface area contributed by atoms with Crippen molar-refractivity contribution >= 4 is 5.94 Å². The quantitative estimate of drug-likeness (QED) is 0.556. The molecule has 1 aliphatic rings. The average Bonchev–Trinajstić information content (AvgIpc) is 2.04. The Bertz CT molecular complexity index is 270. The Balaban J connectivity index is 2.90. The largest absolute Gasteiger partial charge is 0.495 e. The first-order valence-corrected chi connectivity index (χ1v) is 3.23. The third-order valence-electron chi connectivity index (χ3n) is 1.47. The van der Waals surface area contributed by atoms with Crippen LogP contribution in [0.5, 0.6) is 0 Å². The lowest BCUT2D eigenvalue weighted by Crippen LogP contribution is -2.07. The molecule has 3 heteroatoms. The highest BCUT2D eigenvalue weighted by molar-refractivity contribution is 5.60. The SMILES string of the molecule is COC1=CCC(=C=O)C=C1N. The van der Waals surface area contributed by atoms with Gasteiger partial charge in [0.15, 0.2) is 0 Å². The minimum atomic E-state index is 0.483. The Morgan fingerprint density at radius 1 is 1.73 bits per heavy atom. The predicted molar refractivity (Wildman–Crippen MR) is 41.2 cm³/mol. The summed E-state index contributed by atoms with van der Waals surface area (Å²) >= 11 is 0. The van der Waals surface area contributed by atoms with Crippen LogP contribution in [0.4, 0.5) is 0 Å². The highest BCUT2D eigenvalue weighted by atomic mass is 16.5. The molecule has 1 aliphatic carbocycles. The van der Waals surface area contributed by atoms with E-state index in [1.807, 2.05) is 0 Å². The third kappa shape index (κ3) is 1.51. The van der Waals surface area contributed by atoms with E-state index in [0.29, 0.717) is 23.5 Å². The normalized spacial score (nSPS) is 16.6. The summed E-state index contributed by atoms with van der Waals surface area (Å²) in [4.78, 5) is 10.2. The predicted octanol–water partition coefficient (Wildman–Crippen LogP) is 0.521. The summed E-state index contributed by atoms with van der Waals surface area (Å²) in [6.07, 6.45) is 3.88. The number of methoxy groups -OCH3 is 1. The van der Waals surface area contributed by atoms with Gasteiger partial charge in [0.1, 0.15) is 11.7 Å². The van der Waals surface area contributed by atoms with Crippen LogP contribution in [-0.2, 0) is 9.53 Å². The smallest absolute Gasteiger partial charge is 0.138 e. The second-order valence-electron chi connectivity index (χ2n) is 2.20. The molecule has 1 rings (SSSR count). The first-order chi connectivity index (χ1) is 5.27. The molecule has 0 bridgehead atoms. The van der Waals surface area contributed by atoms with Crippen molar-refractivity contribution in [1.82, 2.24) is 0 Å². The maximum absolute atomic E-state index is 10.2. The van der Waals surface area contributed by atoms with Crippen molar-refractivity contribution in [2.75, 3.05) is 7.11 Å². The number of hydrogen-bond acceptors (Lipinski definition) is 3. The van der Waals surface area contributed by atoms with Crippen LogP contribution in [0.15, 0.2) is 29.2 Å². The second kappa shape index (κ2) is 3.08. The van der Waals surface area contributed by atoms with Gasteiger partial charge in [0, 0.05) is 12.0 Å². The monoisotopic (exact) mass is 151 g/mol. The van der Waals surface area contributed by atoms with Gasteiger partial charge in [-0.2, -0.15) is 0 Å². The molecule has 0 atom stereocenters. The van der Waals surface area contributed by atoms with Crippen molar-refractivity contribution in [2.45, 2.75) is 6.42 Å². The average molecular weight is 151 g/mol. The molecule has 0 aromatic rings. The Morgan fingerprint density at radius 2 is 2.45 bits per heavy atom. The van der Waals surface area contributed by atoms with E-state index in [4.69, 9.17) is 10.5 Å². The maximum atomic E-state index is 10.2. The van der Waals surface area contributed by atoms with Crippen molar-refractivity contribution in [3.05, 3.63) is 29.2 Å². The van der Waals surface area contributed by atoms with Crippen LogP contribution in [0.3, 0.4) is 0 Å². The number of rotatable bonds is 1. The fourth-order valence-corrected chi connectivity index (χ4v) is 0.911. The molecule has 0 aromatic heterocycles. The standard InChI is InChI=1S/C8H9NO2/c1-11-8-3-2-6(5-10)4-7(8)9/h3-4H,2,9H2,1H3. The van der Waals surface area contributed by atoms with Gasteiger partial charge in [0.2, 0.25) is 0 Å². The van der Waals surface area contributed by atoms with E-state index in [-0.39, 0.29) is 0 Å². The highest BCUT2D eigenvalue weighted by Gasteiger charge is 2.07. The molecule has 0 radical (unpaired) electrons. The molecule has 0 saturated heterocycles. The summed E-state index contributed by atoms with van der Waals surface area (Å²) < 4.78 is 4.92. The molecular formula is C8H9NO2. The zero-order valence-electron chi connectivity index (χ0n) is 6.26. The summed E-state index contributed by atoms with van der Waals surface area (Å²) in [5.74, 6) is 2.42. The molecule has 11 heavy (non-hydrogen) atoms. The molecule has 3 nitrogen and oxygen atoms in total. The van der Waals surface area contributed by atoms with E-state index in [2.05, 4.69) is 0 Å². The van der Waals surface area contributed by atoms with E-state index < -0.39 is 0 Å². The molecule has 0 aromatic carbocycles. The Hall–Kier alpha value is -1.47. The number of ether oxygens (including phenoxy) is 1. The van der Waals surface area contributed by atoms with Gasteiger partial charge in [-0.05, 0) is 12.2 Å². The minimum absolute atomic E-state index is 0.483. The molecule has 0 spiro atoms. The lowest BCUT2D eigenvalue weighted by atomic mass is 10.1. The Labute approximate surface area is 64.8 Å². The fraction of sp³-hybridized carbons (Fsp3) is 0.250. The molecule has 0 fully saturated rings. The van der Waals surface area contributed by atoms with E-state index in [1.54, 1.807) is 25.2 Å². The molecule has 0 aliphatic heterocycles. The maximum Gasteiger partial charge on any atom is 0.138 e. The van der Waals surface area contributed by atoms with Crippen LogP contribution in [0.2, 0.25) is 0 Å². The minimum Gasteiger partial charge on any atom is -0.495 e. The number of nitrogens with two attached hydrogens (primary N) is 1. The van der Waals surface area contributed by atoms with Crippen molar-refractivity contribution in [3.63, 3.8) is 0 Å². The van der Waals surface area contributed by atoms with Crippen molar-refractivity contribution < 1.29 is 9.53 Å². The van der Waals surface area contributed by atoms with E-state index >= 15 is 0 Å². The number of carbonyl (C=O) groups excluding carboxylic acids is 1. The lowest BCUT2D eigenvalue weighted by Gasteiger charge is -2.10. The van der Waals surface area contributed by atoms with Crippen molar-refractivity contribution in [3.8, 4) is 0 Å². The lowest BCUT2D eigenvalue weighted by molar-refractivity contribution is 0.297. The van der Waals surface area contributed by atoms with Gasteiger partial charge in [0.25, 0.3) is 0 Å². The number of allylic oxidation sites excluding steroid dienone is 3. The first kappa shape index (κ1) is 7.63. The van der Waals surface area contributed by atoms with Gasteiger partial charge < -0.3 is 10.5 Å². The van der Waals surface area contributed by atoms with Crippen LogP contribution >= 0.6 is 0 Å². The van der Waals surface area contributed by atoms with Crippen molar-refractivity contribution in [2.24, 2.45) is 5.73 Å². The van der Waals surface area contributed by atoms with Crippen LogP contribution in [-0.4, -0.2) is 13.1 Å². The fourth-order valence-electron chi connectivity index (χ4n) is 0.911. The molecular weight excluding hydrogens is 142 g/mol. The zero-order valence-corrected chi connectivity index (χ0v) is 6.26. The molecule has 2 N–H and O–H groups in total. The summed E-state index contributed by atoms with van der Waals surface area (Å²) in [7, 11) is 1.54. The van der Waals surface area contributed by atoms with Gasteiger partial charge in [-0.3, -0.25) is 0 Å². The molecule has 0 heterocycles. The van der Waals surface area contributed by atoms with E-state index in [1.165, 1.54) is 0 Å². The summed E-state index contributed by atoms with van der Waals surface area (Å²) in [5, 5.41) is 0. The van der Waals surface area contributed by atoms with Crippen LogP contribution in [0, 0.1) is 0 Å². The molecule has 0 saturated carbocycles. The summed E-state index contributed by atoms with van der Waals surface area (Å²) in [6.45, 7) is 0. The topological polar surface area (TPSA) is 52.3 Å². The third-order valence-corrected chi connectivity index (χ3v) is 1.47. The highest BCUT2D eigenvalue weighted by Crippen LogP contribution is 2.17. The van der Waals surface area contributed by atoms with Gasteiger partial charge in [0.05, 0.1) is 12.8 Å². The Kier molecular flexibility index (Phi) is 2.14. The van der Waals surface area contributed by atoms with Crippen LogP contribution < -0.4 is 5.73 Å². The van der Waals surface area contributed by atoms with E-state index in [0.717, 1.165) is 0 Å². The van der Waals surface area contributed by atoms with Crippen LogP contribution in [0.1, 0.15) is 6.42 Å². The van der Waals surface area contributed by atoms with E-state index in [9.17, 15) is 4.79 Å². The van der Waals surface area contributed by atoms with Gasteiger partial charge in [-0.1, -0.05) is 0 Å². The first-order valence-electron chi connectivity index (χ1n) is 3.23. The number of hydrogen-bond donors (Lipinski definition) is 1. The van der Waals surface area contributed by atoms with Gasteiger partial charge >= 0.3 is 0 Å². The molecule has 0 amide bonds. The van der Waals surface area contributed by atoms with Gasteiger partial charge in [-0.15, -0.1) is 0 Å². The Morgan fingerprint density at radius 3 is 2.91 bits per heavy atom. The molecule has 58 valence electrons. The van der Waals surface area contributed by atoms with Crippen LogP contribution in [0.25, 0.3) is 0 Å². The zero-order chi connectivity index (χ0) is 8.27.